The molecule has 1 unspecified atom stereocenters. The first-order valence-electron chi connectivity index (χ1n) is 9.63. The Balaban J connectivity index is 1.78. The molecule has 7 nitrogen and oxygen atoms in total. The van der Waals surface area contributed by atoms with E-state index in [-0.39, 0.29) is 29.8 Å². The van der Waals surface area contributed by atoms with Crippen molar-refractivity contribution in [3.05, 3.63) is 32.9 Å². The van der Waals surface area contributed by atoms with Crippen LogP contribution in [0.25, 0.3) is 0 Å². The van der Waals surface area contributed by atoms with E-state index in [2.05, 4.69) is 15.6 Å². The molecule has 0 saturated heterocycles. The second-order valence-corrected chi connectivity index (χ2v) is 7.61. The number of aromatic amines is 1. The van der Waals surface area contributed by atoms with Crippen LogP contribution < -0.4 is 10.9 Å². The predicted molar refractivity (Wildman–Crippen MR) is 97.5 cm³/mol. The molecule has 1 aliphatic heterocycles. The first-order chi connectivity index (χ1) is 12.6. The van der Waals surface area contributed by atoms with E-state index >= 15 is 0 Å². The molecule has 2 aliphatic rings. The van der Waals surface area contributed by atoms with Gasteiger partial charge in [0.05, 0.1) is 17.3 Å². The molecule has 0 radical (unpaired) electrons. The van der Waals surface area contributed by atoms with Gasteiger partial charge >= 0.3 is 0 Å². The number of nitrogens with one attached hydrogen (secondary N) is 2. The van der Waals surface area contributed by atoms with Crippen LogP contribution in [-0.2, 0) is 4.79 Å². The van der Waals surface area contributed by atoms with Crippen molar-refractivity contribution >= 4 is 11.7 Å². The van der Waals surface area contributed by atoms with Crippen molar-refractivity contribution < 1.29 is 9.32 Å². The molecular weight excluding hydrogens is 332 g/mol. The Labute approximate surface area is 152 Å². The van der Waals surface area contributed by atoms with Crippen LogP contribution in [0.3, 0.4) is 0 Å². The topological polar surface area (TPSA) is 92.9 Å². The Morgan fingerprint density at radius 2 is 1.73 bits per heavy atom. The van der Waals surface area contributed by atoms with E-state index in [9.17, 15) is 9.59 Å². The fraction of sp³-hybridized carbons (Fsp3) is 0.632. The van der Waals surface area contributed by atoms with Gasteiger partial charge in [0.25, 0.3) is 5.56 Å². The minimum atomic E-state index is -0.302. The summed E-state index contributed by atoms with van der Waals surface area (Å²) in [5.41, 5.74) is 2.13. The Hall–Kier alpha value is -2.31. The van der Waals surface area contributed by atoms with Crippen LogP contribution >= 0.6 is 0 Å². The predicted octanol–water partition coefficient (Wildman–Crippen LogP) is 3.54. The standard InChI is InChI=1S/C19H26N4O3/c1-11-16(12(2)26-22-11)14-10-15(24)20-18-17(14)19(25)21-23(18)13-8-6-4-3-5-7-9-13/h13-14H,3-10H2,1-2H3,(H,20,24)(H,21,25). The third kappa shape index (κ3) is 2.89. The number of rotatable bonds is 2. The summed E-state index contributed by atoms with van der Waals surface area (Å²) >= 11 is 0. The molecule has 2 aromatic heterocycles. The maximum absolute atomic E-state index is 12.8. The highest BCUT2D eigenvalue weighted by atomic mass is 16.5. The number of hydrogen-bond donors (Lipinski definition) is 2. The third-order valence-electron chi connectivity index (χ3n) is 5.84. The molecule has 0 aromatic carbocycles. The SMILES string of the molecule is Cc1noc(C)c1C1CC(=O)Nc2c1c(=O)[nH]n2C1CCCCCCC1. The lowest BCUT2D eigenvalue weighted by Gasteiger charge is -2.27. The molecule has 1 amide bonds. The minimum Gasteiger partial charge on any atom is -0.361 e. The van der Waals surface area contributed by atoms with Gasteiger partial charge in [0.15, 0.2) is 0 Å². The number of anilines is 1. The van der Waals surface area contributed by atoms with Crippen molar-refractivity contribution in [2.75, 3.05) is 5.32 Å². The van der Waals surface area contributed by atoms with Crippen molar-refractivity contribution in [2.45, 2.75) is 77.2 Å². The van der Waals surface area contributed by atoms with Crippen LogP contribution in [0.4, 0.5) is 5.82 Å². The Bertz CT molecular complexity index is 848. The molecule has 2 N–H and O–H groups in total. The zero-order chi connectivity index (χ0) is 18.3. The summed E-state index contributed by atoms with van der Waals surface area (Å²) in [4.78, 5) is 25.3. The summed E-state index contributed by atoms with van der Waals surface area (Å²) < 4.78 is 7.21. The maximum Gasteiger partial charge on any atom is 0.270 e. The van der Waals surface area contributed by atoms with Crippen LogP contribution in [-0.4, -0.2) is 20.8 Å². The number of carbonyl (C=O) groups is 1. The molecular formula is C19H26N4O3. The monoisotopic (exact) mass is 358 g/mol. The molecule has 4 rings (SSSR count). The van der Waals surface area contributed by atoms with Gasteiger partial charge < -0.3 is 9.84 Å². The first kappa shape index (κ1) is 17.1. The van der Waals surface area contributed by atoms with Gasteiger partial charge in [-0.3, -0.25) is 19.4 Å². The van der Waals surface area contributed by atoms with E-state index in [1.54, 1.807) is 0 Å². The highest BCUT2D eigenvalue weighted by Crippen LogP contribution is 2.39. The quantitative estimate of drug-likeness (QED) is 0.859. The summed E-state index contributed by atoms with van der Waals surface area (Å²) in [5, 5.41) is 9.99. The van der Waals surface area contributed by atoms with Crippen LogP contribution in [0.1, 0.15) is 85.9 Å². The number of amides is 1. The van der Waals surface area contributed by atoms with E-state index in [0.29, 0.717) is 17.1 Å². The molecule has 0 bridgehead atoms. The van der Waals surface area contributed by atoms with Gasteiger partial charge in [0, 0.05) is 17.9 Å². The van der Waals surface area contributed by atoms with Gasteiger partial charge in [-0.25, -0.2) is 0 Å². The summed E-state index contributed by atoms with van der Waals surface area (Å²) in [6.07, 6.45) is 8.37. The second kappa shape index (κ2) is 6.78. The zero-order valence-corrected chi connectivity index (χ0v) is 15.4. The largest absolute Gasteiger partial charge is 0.361 e. The van der Waals surface area contributed by atoms with Crippen LogP contribution in [0.5, 0.6) is 0 Å². The lowest BCUT2D eigenvalue weighted by atomic mass is 9.86. The van der Waals surface area contributed by atoms with Gasteiger partial charge in [0.1, 0.15) is 11.6 Å². The number of H-pyrrole nitrogens is 1. The molecule has 0 spiro atoms. The summed E-state index contributed by atoms with van der Waals surface area (Å²) in [7, 11) is 0. The number of carbonyl (C=O) groups excluding carboxylic acids is 1. The average molecular weight is 358 g/mol. The van der Waals surface area contributed by atoms with Gasteiger partial charge in [-0.1, -0.05) is 37.3 Å². The highest BCUT2D eigenvalue weighted by molar-refractivity contribution is 5.94. The molecule has 2 aromatic rings. The normalized spacial score (nSPS) is 21.8. The average Bonchev–Trinajstić information content (AvgIpc) is 3.07. The fourth-order valence-electron chi connectivity index (χ4n) is 4.58. The fourth-order valence-corrected chi connectivity index (χ4v) is 4.58. The van der Waals surface area contributed by atoms with E-state index < -0.39 is 0 Å². The zero-order valence-electron chi connectivity index (χ0n) is 15.4. The van der Waals surface area contributed by atoms with E-state index in [4.69, 9.17) is 4.52 Å². The van der Waals surface area contributed by atoms with Crippen LogP contribution in [0, 0.1) is 13.8 Å². The number of aryl methyl sites for hydroxylation is 2. The lowest BCUT2D eigenvalue weighted by molar-refractivity contribution is -0.116. The molecule has 1 fully saturated rings. The summed E-state index contributed by atoms with van der Waals surface area (Å²) in [6, 6.07) is 0.232. The van der Waals surface area contributed by atoms with E-state index in [1.165, 1.54) is 19.3 Å². The molecule has 1 saturated carbocycles. The summed E-state index contributed by atoms with van der Waals surface area (Å²) in [6.45, 7) is 3.69. The Morgan fingerprint density at radius 3 is 2.38 bits per heavy atom. The Morgan fingerprint density at radius 1 is 1.04 bits per heavy atom. The van der Waals surface area contributed by atoms with Gasteiger partial charge in [-0.05, 0) is 26.7 Å². The lowest BCUT2D eigenvalue weighted by Crippen LogP contribution is -2.28. The molecule has 3 heterocycles. The first-order valence-corrected chi connectivity index (χ1v) is 9.63. The van der Waals surface area contributed by atoms with Gasteiger partial charge in [-0.15, -0.1) is 0 Å². The minimum absolute atomic E-state index is 0.0684. The van der Waals surface area contributed by atoms with E-state index in [1.807, 2.05) is 18.5 Å². The molecule has 7 heteroatoms. The third-order valence-corrected chi connectivity index (χ3v) is 5.84. The van der Waals surface area contributed by atoms with Crippen LogP contribution in [0.2, 0.25) is 0 Å². The second-order valence-electron chi connectivity index (χ2n) is 7.61. The van der Waals surface area contributed by atoms with Gasteiger partial charge in [0.2, 0.25) is 5.91 Å². The smallest absolute Gasteiger partial charge is 0.270 e. The van der Waals surface area contributed by atoms with Crippen molar-refractivity contribution in [3.63, 3.8) is 0 Å². The van der Waals surface area contributed by atoms with Crippen molar-refractivity contribution in [2.24, 2.45) is 0 Å². The molecule has 26 heavy (non-hydrogen) atoms. The highest BCUT2D eigenvalue weighted by Gasteiger charge is 2.36. The number of aromatic nitrogens is 3. The maximum atomic E-state index is 12.8. The number of hydrogen-bond acceptors (Lipinski definition) is 4. The van der Waals surface area contributed by atoms with E-state index in [0.717, 1.165) is 36.9 Å². The molecule has 1 atom stereocenters. The Kier molecular flexibility index (Phi) is 4.46. The number of nitrogens with zero attached hydrogens (tertiary/aromatic N) is 2. The number of fused-ring (bicyclic) bond motifs is 1. The molecule has 1 aliphatic carbocycles. The molecule has 140 valence electrons. The van der Waals surface area contributed by atoms with Crippen LogP contribution in [0.15, 0.2) is 9.32 Å². The van der Waals surface area contributed by atoms with Crippen molar-refractivity contribution in [1.82, 2.24) is 14.9 Å². The van der Waals surface area contributed by atoms with Crippen molar-refractivity contribution in [1.29, 1.82) is 0 Å². The summed E-state index contributed by atoms with van der Waals surface area (Å²) in [5.74, 6) is 0.942. The van der Waals surface area contributed by atoms with Gasteiger partial charge in [-0.2, -0.15) is 0 Å². The van der Waals surface area contributed by atoms with Crippen molar-refractivity contribution in [3.8, 4) is 0 Å².